The van der Waals surface area contributed by atoms with E-state index in [0.717, 1.165) is 11.3 Å². The maximum Gasteiger partial charge on any atom is 0.244 e. The molecule has 114 valence electrons. The first-order valence-electron chi connectivity index (χ1n) is 6.48. The van der Waals surface area contributed by atoms with Gasteiger partial charge in [-0.2, -0.15) is 5.10 Å². The number of benzene rings is 2. The topological polar surface area (TPSA) is 50.7 Å². The number of amides is 1. The number of rotatable bonds is 5. The number of ether oxygens (including phenoxy) is 1. The maximum absolute atomic E-state index is 11.8. The SMILES string of the molecule is COc1ccc(CC(=O)N/N=C\c2ccc(Cl)cc2Cl)cc1. The molecule has 2 aromatic carbocycles. The van der Waals surface area contributed by atoms with E-state index in [1.54, 1.807) is 37.4 Å². The zero-order chi connectivity index (χ0) is 15.9. The second-order valence-electron chi connectivity index (χ2n) is 4.48. The van der Waals surface area contributed by atoms with E-state index in [0.29, 0.717) is 15.6 Å². The smallest absolute Gasteiger partial charge is 0.244 e. The van der Waals surface area contributed by atoms with E-state index < -0.39 is 0 Å². The van der Waals surface area contributed by atoms with Crippen LogP contribution in [0.5, 0.6) is 5.75 Å². The number of methoxy groups -OCH3 is 1. The number of carbonyl (C=O) groups is 1. The van der Waals surface area contributed by atoms with E-state index in [1.807, 2.05) is 12.1 Å². The summed E-state index contributed by atoms with van der Waals surface area (Å²) in [5.74, 6) is 0.533. The molecule has 0 bridgehead atoms. The molecule has 0 aromatic heterocycles. The Balaban J connectivity index is 1.90. The molecule has 2 rings (SSSR count). The van der Waals surface area contributed by atoms with Crippen LogP contribution in [0, 0.1) is 0 Å². The van der Waals surface area contributed by atoms with E-state index in [4.69, 9.17) is 27.9 Å². The van der Waals surface area contributed by atoms with Gasteiger partial charge in [0.25, 0.3) is 0 Å². The van der Waals surface area contributed by atoms with Gasteiger partial charge in [-0.05, 0) is 29.8 Å². The molecule has 0 unspecified atom stereocenters. The minimum absolute atomic E-state index is 0.216. The Labute approximate surface area is 138 Å². The Bertz CT molecular complexity index is 685. The molecule has 0 aliphatic rings. The Morgan fingerprint density at radius 1 is 1.23 bits per heavy atom. The Hall–Kier alpha value is -2.04. The van der Waals surface area contributed by atoms with Crippen LogP contribution in [0.1, 0.15) is 11.1 Å². The fourth-order valence-electron chi connectivity index (χ4n) is 1.75. The number of carbonyl (C=O) groups excluding carboxylic acids is 1. The lowest BCUT2D eigenvalue weighted by molar-refractivity contribution is -0.120. The van der Waals surface area contributed by atoms with E-state index in [-0.39, 0.29) is 12.3 Å². The van der Waals surface area contributed by atoms with E-state index in [2.05, 4.69) is 10.5 Å². The lowest BCUT2D eigenvalue weighted by Crippen LogP contribution is -2.19. The molecule has 0 heterocycles. The Morgan fingerprint density at radius 2 is 1.95 bits per heavy atom. The van der Waals surface area contributed by atoms with Gasteiger partial charge in [-0.3, -0.25) is 4.79 Å². The van der Waals surface area contributed by atoms with E-state index in [1.165, 1.54) is 6.21 Å². The zero-order valence-corrected chi connectivity index (χ0v) is 13.4. The fraction of sp³-hybridized carbons (Fsp3) is 0.125. The first-order valence-corrected chi connectivity index (χ1v) is 7.24. The van der Waals surface area contributed by atoms with Gasteiger partial charge < -0.3 is 4.74 Å². The summed E-state index contributed by atoms with van der Waals surface area (Å²) in [5, 5.41) is 4.90. The molecular formula is C16H14Cl2N2O2. The molecule has 1 N–H and O–H groups in total. The monoisotopic (exact) mass is 336 g/mol. The Kier molecular flexibility index (Phi) is 5.81. The van der Waals surface area contributed by atoms with Crippen LogP contribution < -0.4 is 10.2 Å². The molecule has 0 atom stereocenters. The predicted octanol–water partition coefficient (Wildman–Crippen LogP) is 3.69. The van der Waals surface area contributed by atoms with Crippen LogP contribution in [0.15, 0.2) is 47.6 Å². The third-order valence-corrected chi connectivity index (χ3v) is 3.44. The average molecular weight is 337 g/mol. The molecular weight excluding hydrogens is 323 g/mol. The normalized spacial score (nSPS) is 10.7. The van der Waals surface area contributed by atoms with Crippen molar-refractivity contribution in [3.63, 3.8) is 0 Å². The van der Waals surface area contributed by atoms with Crippen molar-refractivity contribution in [2.45, 2.75) is 6.42 Å². The van der Waals surface area contributed by atoms with Gasteiger partial charge in [0.2, 0.25) is 5.91 Å². The zero-order valence-electron chi connectivity index (χ0n) is 11.8. The van der Waals surface area contributed by atoms with Crippen LogP contribution in [-0.4, -0.2) is 19.2 Å². The van der Waals surface area contributed by atoms with Crippen molar-refractivity contribution in [3.05, 3.63) is 63.6 Å². The number of nitrogens with zero attached hydrogens (tertiary/aromatic N) is 1. The minimum atomic E-state index is -0.216. The van der Waals surface area contributed by atoms with Crippen molar-refractivity contribution < 1.29 is 9.53 Å². The number of hydrogen-bond donors (Lipinski definition) is 1. The quantitative estimate of drug-likeness (QED) is 0.668. The van der Waals surface area contributed by atoms with E-state index >= 15 is 0 Å². The van der Waals surface area contributed by atoms with Crippen molar-refractivity contribution in [3.8, 4) is 5.75 Å². The third-order valence-electron chi connectivity index (χ3n) is 2.88. The van der Waals surface area contributed by atoms with Crippen LogP contribution in [0.25, 0.3) is 0 Å². The summed E-state index contributed by atoms with van der Waals surface area (Å²) >= 11 is 11.8. The van der Waals surface area contributed by atoms with Crippen LogP contribution in [-0.2, 0) is 11.2 Å². The average Bonchev–Trinajstić information content (AvgIpc) is 2.50. The van der Waals surface area contributed by atoms with Crippen molar-refractivity contribution >= 4 is 35.3 Å². The summed E-state index contributed by atoms with van der Waals surface area (Å²) in [4.78, 5) is 11.8. The molecule has 0 saturated carbocycles. The fourth-order valence-corrected chi connectivity index (χ4v) is 2.21. The van der Waals surface area contributed by atoms with Gasteiger partial charge in [0.1, 0.15) is 5.75 Å². The summed E-state index contributed by atoms with van der Waals surface area (Å²) in [5.41, 5.74) is 4.01. The van der Waals surface area contributed by atoms with Gasteiger partial charge in [-0.25, -0.2) is 5.43 Å². The first kappa shape index (κ1) is 16.3. The molecule has 2 aromatic rings. The van der Waals surface area contributed by atoms with Crippen molar-refractivity contribution in [2.24, 2.45) is 5.10 Å². The molecule has 0 aliphatic heterocycles. The first-order chi connectivity index (χ1) is 10.6. The molecule has 4 nitrogen and oxygen atoms in total. The summed E-state index contributed by atoms with van der Waals surface area (Å²) in [6, 6.07) is 12.3. The van der Waals surface area contributed by atoms with Gasteiger partial charge in [-0.1, -0.05) is 41.4 Å². The maximum atomic E-state index is 11.8. The number of nitrogens with one attached hydrogen (secondary N) is 1. The third kappa shape index (κ3) is 4.76. The summed E-state index contributed by atoms with van der Waals surface area (Å²) in [7, 11) is 1.60. The molecule has 22 heavy (non-hydrogen) atoms. The molecule has 0 radical (unpaired) electrons. The summed E-state index contributed by atoms with van der Waals surface area (Å²) < 4.78 is 5.06. The van der Waals surface area contributed by atoms with Crippen molar-refractivity contribution in [1.29, 1.82) is 0 Å². The summed E-state index contributed by atoms with van der Waals surface area (Å²) in [6.07, 6.45) is 1.71. The lowest BCUT2D eigenvalue weighted by atomic mass is 10.1. The van der Waals surface area contributed by atoms with Gasteiger partial charge in [0.15, 0.2) is 0 Å². The van der Waals surface area contributed by atoms with Crippen LogP contribution in [0.2, 0.25) is 10.0 Å². The van der Waals surface area contributed by atoms with Gasteiger partial charge in [-0.15, -0.1) is 0 Å². The van der Waals surface area contributed by atoms with Crippen LogP contribution >= 0.6 is 23.2 Å². The van der Waals surface area contributed by atoms with Crippen LogP contribution in [0.3, 0.4) is 0 Å². The highest BCUT2D eigenvalue weighted by Crippen LogP contribution is 2.19. The van der Waals surface area contributed by atoms with Crippen LogP contribution in [0.4, 0.5) is 0 Å². The second-order valence-corrected chi connectivity index (χ2v) is 5.33. The lowest BCUT2D eigenvalue weighted by Gasteiger charge is -2.03. The standard InChI is InChI=1S/C16H14Cl2N2O2/c1-22-14-6-2-11(3-7-14)8-16(21)20-19-10-12-4-5-13(17)9-15(12)18/h2-7,9-10H,8H2,1H3,(H,20,21)/b19-10-. The predicted molar refractivity (Wildman–Crippen MR) is 88.9 cm³/mol. The largest absolute Gasteiger partial charge is 0.497 e. The highest BCUT2D eigenvalue weighted by molar-refractivity contribution is 6.36. The Morgan fingerprint density at radius 3 is 2.59 bits per heavy atom. The van der Waals surface area contributed by atoms with Gasteiger partial charge >= 0.3 is 0 Å². The highest BCUT2D eigenvalue weighted by atomic mass is 35.5. The van der Waals surface area contributed by atoms with Gasteiger partial charge in [0.05, 0.1) is 24.8 Å². The number of halogens is 2. The number of hydrazone groups is 1. The van der Waals surface area contributed by atoms with Gasteiger partial charge in [0, 0.05) is 10.6 Å². The number of hydrogen-bond acceptors (Lipinski definition) is 3. The van der Waals surface area contributed by atoms with E-state index in [9.17, 15) is 4.79 Å². The molecule has 0 aliphatic carbocycles. The molecule has 0 fully saturated rings. The van der Waals surface area contributed by atoms with Crippen molar-refractivity contribution in [1.82, 2.24) is 5.43 Å². The van der Waals surface area contributed by atoms with Crippen molar-refractivity contribution in [2.75, 3.05) is 7.11 Å². The molecule has 0 spiro atoms. The minimum Gasteiger partial charge on any atom is -0.497 e. The summed E-state index contributed by atoms with van der Waals surface area (Å²) in [6.45, 7) is 0. The molecule has 0 saturated heterocycles. The highest BCUT2D eigenvalue weighted by Gasteiger charge is 2.03. The molecule has 1 amide bonds. The molecule has 6 heteroatoms. The second kappa shape index (κ2) is 7.82.